The Balaban J connectivity index is 1.41. The molecular formula is C16H20F2N4O4. The third-order valence-electron chi connectivity index (χ3n) is 4.84. The summed E-state index contributed by atoms with van der Waals surface area (Å²) in [6, 6.07) is 5.51. The van der Waals surface area contributed by atoms with Gasteiger partial charge in [0.25, 0.3) is 12.3 Å². The Bertz CT molecular complexity index is 692. The lowest BCUT2D eigenvalue weighted by Crippen LogP contribution is -2.36. The van der Waals surface area contributed by atoms with Crippen LogP contribution in [0.3, 0.4) is 0 Å². The predicted molar refractivity (Wildman–Crippen MR) is 84.2 cm³/mol. The number of hydrogen-bond donors (Lipinski definition) is 5. The fourth-order valence-electron chi connectivity index (χ4n) is 3.51. The molecule has 0 bridgehead atoms. The molecule has 2 heterocycles. The number of nitrogens with one attached hydrogen (secondary N) is 4. The summed E-state index contributed by atoms with van der Waals surface area (Å²) in [7, 11) is 0. The van der Waals surface area contributed by atoms with Crippen LogP contribution in [0.15, 0.2) is 18.2 Å². The van der Waals surface area contributed by atoms with Gasteiger partial charge in [0.15, 0.2) is 12.3 Å². The average molecular weight is 370 g/mol. The summed E-state index contributed by atoms with van der Waals surface area (Å²) in [5.41, 5.74) is 7.78. The topological polar surface area (TPSA) is 104 Å². The van der Waals surface area contributed by atoms with Gasteiger partial charge < -0.3 is 10.4 Å². The Hall–Kier alpha value is -1.69. The van der Waals surface area contributed by atoms with E-state index in [0.29, 0.717) is 0 Å². The molecule has 0 saturated carbocycles. The number of alkyl halides is 2. The van der Waals surface area contributed by atoms with E-state index in [0.717, 1.165) is 29.5 Å². The van der Waals surface area contributed by atoms with Crippen LogP contribution in [0, 0.1) is 0 Å². The van der Waals surface area contributed by atoms with Crippen molar-refractivity contribution in [1.29, 1.82) is 0 Å². The van der Waals surface area contributed by atoms with Crippen molar-refractivity contribution in [2.45, 2.75) is 56.5 Å². The molecule has 26 heavy (non-hydrogen) atoms. The molecule has 4 unspecified atom stereocenters. The van der Waals surface area contributed by atoms with Gasteiger partial charge in [0.1, 0.15) is 12.4 Å². The van der Waals surface area contributed by atoms with E-state index in [1.54, 1.807) is 0 Å². The van der Waals surface area contributed by atoms with E-state index in [4.69, 9.17) is 9.68 Å². The van der Waals surface area contributed by atoms with E-state index in [1.165, 1.54) is 0 Å². The molecule has 2 aliphatic heterocycles. The van der Waals surface area contributed by atoms with Crippen LogP contribution in [0.4, 0.5) is 8.78 Å². The van der Waals surface area contributed by atoms with Crippen LogP contribution in [0.5, 0.6) is 0 Å². The van der Waals surface area contributed by atoms with Crippen LogP contribution in [0.25, 0.3) is 0 Å². The quantitative estimate of drug-likeness (QED) is 0.513. The molecule has 5 atom stereocenters. The number of hydroxylamine groups is 2. The number of carbonyl (C=O) groups excluding carboxylic acids is 1. The summed E-state index contributed by atoms with van der Waals surface area (Å²) >= 11 is 0. The average Bonchev–Trinajstić information content (AvgIpc) is 3.34. The standard InChI is InChI=1S/C16H20F2N4O4/c17-13(18)16-20-14(22-26-16)8-1-3-9-7(5-8)2-4-10(9)19-15(24)11-6-12(23)21-25-11/h1,3,5,10-14,16,20-23H,2,4,6H2,(H,19,24)/t10-,11?,12?,14?,16?/m1/s1. The first-order chi connectivity index (χ1) is 12.5. The fraction of sp³-hybridized carbons (Fsp3) is 0.562. The van der Waals surface area contributed by atoms with Gasteiger partial charge in [-0.15, -0.1) is 0 Å². The minimum Gasteiger partial charge on any atom is -0.376 e. The van der Waals surface area contributed by atoms with Crippen LogP contribution in [0.1, 0.15) is 41.7 Å². The van der Waals surface area contributed by atoms with E-state index in [-0.39, 0.29) is 18.4 Å². The summed E-state index contributed by atoms with van der Waals surface area (Å²) in [5, 5.41) is 15.0. The largest absolute Gasteiger partial charge is 0.376 e. The number of benzene rings is 1. The fourth-order valence-corrected chi connectivity index (χ4v) is 3.51. The first-order valence-electron chi connectivity index (χ1n) is 8.49. The van der Waals surface area contributed by atoms with Crippen LogP contribution in [0.2, 0.25) is 0 Å². The van der Waals surface area contributed by atoms with Crippen LogP contribution < -0.4 is 21.6 Å². The van der Waals surface area contributed by atoms with Crippen molar-refractivity contribution < 1.29 is 28.4 Å². The molecule has 8 nitrogen and oxygen atoms in total. The van der Waals surface area contributed by atoms with Gasteiger partial charge >= 0.3 is 0 Å². The predicted octanol–water partition coefficient (Wildman–Crippen LogP) is 0.116. The zero-order chi connectivity index (χ0) is 18.3. The van der Waals surface area contributed by atoms with E-state index in [1.807, 2.05) is 18.2 Å². The molecule has 1 aromatic rings. The number of halogens is 2. The zero-order valence-corrected chi connectivity index (χ0v) is 13.7. The molecule has 1 aromatic carbocycles. The Kier molecular flexibility index (Phi) is 4.86. The van der Waals surface area contributed by atoms with Crippen molar-refractivity contribution in [3.05, 3.63) is 34.9 Å². The number of amides is 1. The van der Waals surface area contributed by atoms with E-state index in [2.05, 4.69) is 21.6 Å². The van der Waals surface area contributed by atoms with Gasteiger partial charge in [-0.3, -0.25) is 19.8 Å². The lowest BCUT2D eigenvalue weighted by atomic mass is 10.0. The molecule has 1 amide bonds. The molecule has 2 fully saturated rings. The van der Waals surface area contributed by atoms with Crippen LogP contribution >= 0.6 is 0 Å². The maximum atomic E-state index is 12.7. The molecule has 2 saturated heterocycles. The third kappa shape index (κ3) is 3.43. The van der Waals surface area contributed by atoms with E-state index >= 15 is 0 Å². The molecule has 5 N–H and O–H groups in total. The molecule has 3 aliphatic rings. The number of carbonyl (C=O) groups is 1. The second-order valence-electron chi connectivity index (χ2n) is 6.62. The van der Waals surface area contributed by atoms with Gasteiger partial charge in [-0.25, -0.2) is 8.78 Å². The number of fused-ring (bicyclic) bond motifs is 1. The highest BCUT2D eigenvalue weighted by Gasteiger charge is 2.35. The summed E-state index contributed by atoms with van der Waals surface area (Å²) in [6.45, 7) is 0. The SMILES string of the molecule is O=C(N[C@@H]1CCc2cc(C3NOC(C(F)F)N3)ccc21)C1CC(O)NO1. The van der Waals surface area contributed by atoms with Crippen LogP contribution in [-0.2, 0) is 20.9 Å². The van der Waals surface area contributed by atoms with Gasteiger partial charge in [-0.1, -0.05) is 18.2 Å². The van der Waals surface area contributed by atoms with Crippen molar-refractivity contribution in [2.24, 2.45) is 0 Å². The van der Waals surface area contributed by atoms with Crippen molar-refractivity contribution in [3.63, 3.8) is 0 Å². The second-order valence-corrected chi connectivity index (χ2v) is 6.62. The van der Waals surface area contributed by atoms with Gasteiger partial charge in [0, 0.05) is 6.42 Å². The van der Waals surface area contributed by atoms with Crippen molar-refractivity contribution in [1.82, 2.24) is 21.6 Å². The highest BCUT2D eigenvalue weighted by Crippen LogP contribution is 2.33. The molecule has 10 heteroatoms. The summed E-state index contributed by atoms with van der Waals surface area (Å²) in [5.74, 6) is -0.275. The number of hydrogen-bond acceptors (Lipinski definition) is 7. The normalized spacial score (nSPS) is 33.6. The Morgan fingerprint density at radius 3 is 2.85 bits per heavy atom. The summed E-state index contributed by atoms with van der Waals surface area (Å²) < 4.78 is 25.4. The lowest BCUT2D eigenvalue weighted by Gasteiger charge is -2.17. The van der Waals surface area contributed by atoms with Gasteiger partial charge in [-0.05, 0) is 29.5 Å². The molecule has 0 aromatic heterocycles. The van der Waals surface area contributed by atoms with Crippen molar-refractivity contribution in [2.75, 3.05) is 0 Å². The van der Waals surface area contributed by atoms with Crippen molar-refractivity contribution in [3.8, 4) is 0 Å². The molecule has 0 radical (unpaired) electrons. The Labute approximate surface area is 148 Å². The number of rotatable bonds is 4. The molecule has 4 rings (SSSR count). The first-order valence-corrected chi connectivity index (χ1v) is 8.49. The molecule has 1 aliphatic carbocycles. The summed E-state index contributed by atoms with van der Waals surface area (Å²) in [6.07, 6.45) is -4.30. The smallest absolute Gasteiger partial charge is 0.279 e. The number of aliphatic hydroxyl groups is 1. The van der Waals surface area contributed by atoms with Gasteiger partial charge in [0.05, 0.1) is 6.04 Å². The Morgan fingerprint density at radius 1 is 1.31 bits per heavy atom. The van der Waals surface area contributed by atoms with Crippen LogP contribution in [-0.4, -0.2) is 36.0 Å². The molecular weight excluding hydrogens is 350 g/mol. The molecule has 0 spiro atoms. The van der Waals surface area contributed by atoms with Gasteiger partial charge in [-0.2, -0.15) is 11.0 Å². The molecule has 142 valence electrons. The maximum absolute atomic E-state index is 12.7. The zero-order valence-electron chi connectivity index (χ0n) is 13.7. The highest BCUT2D eigenvalue weighted by molar-refractivity contribution is 5.81. The number of aryl methyl sites for hydroxylation is 1. The Morgan fingerprint density at radius 2 is 2.15 bits per heavy atom. The first kappa shape index (κ1) is 17.7. The van der Waals surface area contributed by atoms with Crippen molar-refractivity contribution >= 4 is 5.91 Å². The van der Waals surface area contributed by atoms with Gasteiger partial charge in [0.2, 0.25) is 0 Å². The minimum atomic E-state index is -2.62. The van der Waals surface area contributed by atoms with E-state index < -0.39 is 31.2 Å². The third-order valence-corrected chi connectivity index (χ3v) is 4.84. The maximum Gasteiger partial charge on any atom is 0.279 e. The lowest BCUT2D eigenvalue weighted by molar-refractivity contribution is -0.134. The second kappa shape index (κ2) is 7.14. The summed E-state index contributed by atoms with van der Waals surface area (Å²) in [4.78, 5) is 22.1. The number of aliphatic hydroxyl groups excluding tert-OH is 1. The minimum absolute atomic E-state index is 0.137. The van der Waals surface area contributed by atoms with E-state index in [9.17, 15) is 18.7 Å². The monoisotopic (exact) mass is 370 g/mol. The highest BCUT2D eigenvalue weighted by atomic mass is 19.3.